The molecule has 0 spiro atoms. The minimum absolute atomic E-state index is 1.11. The van der Waals surface area contributed by atoms with Crippen molar-refractivity contribution in [2.45, 2.75) is 0 Å². The van der Waals surface area contributed by atoms with E-state index in [-0.39, 0.29) is 0 Å². The molecule has 0 fully saturated rings. The van der Waals surface area contributed by atoms with Crippen LogP contribution in [0.15, 0.2) is 200 Å². The minimum atomic E-state index is 1.11. The van der Waals surface area contributed by atoms with E-state index < -0.39 is 0 Å². The van der Waals surface area contributed by atoms with Crippen molar-refractivity contribution in [3.63, 3.8) is 0 Å². The summed E-state index contributed by atoms with van der Waals surface area (Å²) in [6, 6.07) is 72.5. The third kappa shape index (κ3) is 5.42. The molecule has 0 aliphatic heterocycles. The van der Waals surface area contributed by atoms with Crippen LogP contribution in [0.1, 0.15) is 0 Å². The molecule has 0 radical (unpaired) electrons. The maximum Gasteiger partial charge on any atom is 0.0546 e. The average molecular weight is 624 g/mol. The van der Waals surface area contributed by atoms with Crippen LogP contribution in [0.2, 0.25) is 0 Å². The van der Waals surface area contributed by atoms with Crippen LogP contribution in [0.25, 0.3) is 65.7 Å². The molecule has 0 bridgehead atoms. The molecular formula is C48H33N. The summed E-state index contributed by atoms with van der Waals surface area (Å²) in [7, 11) is 0. The summed E-state index contributed by atoms with van der Waals surface area (Å²) in [6.45, 7) is 0. The maximum atomic E-state index is 2.41. The van der Waals surface area contributed by atoms with Crippen molar-refractivity contribution in [3.05, 3.63) is 200 Å². The second-order valence-corrected chi connectivity index (χ2v) is 12.6. The molecule has 1 nitrogen and oxygen atoms in total. The van der Waals surface area contributed by atoms with Crippen molar-refractivity contribution < 1.29 is 0 Å². The van der Waals surface area contributed by atoms with E-state index in [1.54, 1.807) is 0 Å². The van der Waals surface area contributed by atoms with Gasteiger partial charge in [-0.3, -0.25) is 0 Å². The molecule has 9 aromatic rings. The smallest absolute Gasteiger partial charge is 0.0546 e. The largest absolute Gasteiger partial charge is 0.310 e. The van der Waals surface area contributed by atoms with Crippen molar-refractivity contribution >= 4 is 49.4 Å². The standard InChI is InChI=1S/C48H33N/c1-2-13-39(14-3-1)48-46-17-9-8-12-38(46)26-31-47(48)49(44-27-22-36(23-28-44)42-20-18-34-10-4-6-15-40(34)32-42)45-29-24-37(25-30-45)43-21-19-35-11-5-7-16-41(35)33-43/h1-33H. The Kier molecular flexibility index (Phi) is 7.22. The molecule has 230 valence electrons. The first-order chi connectivity index (χ1) is 24.3. The lowest BCUT2D eigenvalue weighted by Gasteiger charge is -2.29. The molecule has 0 saturated carbocycles. The molecule has 0 aromatic heterocycles. The van der Waals surface area contributed by atoms with Gasteiger partial charge >= 0.3 is 0 Å². The van der Waals surface area contributed by atoms with Crippen LogP contribution in [0.5, 0.6) is 0 Å². The lowest BCUT2D eigenvalue weighted by molar-refractivity contribution is 1.29. The number of anilines is 3. The van der Waals surface area contributed by atoms with E-state index in [0.29, 0.717) is 0 Å². The van der Waals surface area contributed by atoms with Gasteiger partial charge in [0.1, 0.15) is 0 Å². The molecule has 0 heterocycles. The van der Waals surface area contributed by atoms with Gasteiger partial charge in [-0.25, -0.2) is 0 Å². The Bertz CT molecular complexity index is 2460. The van der Waals surface area contributed by atoms with E-state index in [1.165, 1.54) is 65.7 Å². The number of nitrogens with zero attached hydrogens (tertiary/aromatic N) is 1. The minimum Gasteiger partial charge on any atom is -0.310 e. The topological polar surface area (TPSA) is 3.24 Å². The molecule has 0 atom stereocenters. The summed E-state index contributed by atoms with van der Waals surface area (Å²) < 4.78 is 0. The van der Waals surface area contributed by atoms with E-state index >= 15 is 0 Å². The van der Waals surface area contributed by atoms with Gasteiger partial charge < -0.3 is 4.90 Å². The quantitative estimate of drug-likeness (QED) is 0.178. The Balaban J connectivity index is 1.19. The molecule has 0 unspecified atom stereocenters. The normalized spacial score (nSPS) is 11.3. The first-order valence-electron chi connectivity index (χ1n) is 16.8. The van der Waals surface area contributed by atoms with Crippen LogP contribution in [-0.4, -0.2) is 0 Å². The molecule has 9 aromatic carbocycles. The van der Waals surface area contributed by atoms with Crippen LogP contribution in [0.3, 0.4) is 0 Å². The summed E-state index contributed by atoms with van der Waals surface area (Å²) in [5.41, 5.74) is 10.6. The highest BCUT2D eigenvalue weighted by Gasteiger charge is 2.20. The van der Waals surface area contributed by atoms with E-state index in [4.69, 9.17) is 0 Å². The Morgan fingerprint density at radius 3 is 1.24 bits per heavy atom. The number of rotatable bonds is 6. The molecule has 0 aliphatic carbocycles. The van der Waals surface area contributed by atoms with Crippen molar-refractivity contribution in [3.8, 4) is 33.4 Å². The van der Waals surface area contributed by atoms with Crippen molar-refractivity contribution in [2.24, 2.45) is 0 Å². The second kappa shape index (κ2) is 12.3. The zero-order valence-corrected chi connectivity index (χ0v) is 27.0. The van der Waals surface area contributed by atoms with Crippen LogP contribution in [-0.2, 0) is 0 Å². The third-order valence-corrected chi connectivity index (χ3v) is 9.63. The van der Waals surface area contributed by atoms with Gasteiger partial charge in [-0.05, 0) is 103 Å². The lowest BCUT2D eigenvalue weighted by atomic mass is 9.94. The third-order valence-electron chi connectivity index (χ3n) is 9.63. The number of hydrogen-bond donors (Lipinski definition) is 0. The van der Waals surface area contributed by atoms with Gasteiger partial charge in [-0.1, -0.05) is 158 Å². The van der Waals surface area contributed by atoms with Gasteiger partial charge in [0.25, 0.3) is 0 Å². The Hall–Kier alpha value is -6.44. The van der Waals surface area contributed by atoms with Crippen LogP contribution >= 0.6 is 0 Å². The predicted molar refractivity (Wildman–Crippen MR) is 210 cm³/mol. The van der Waals surface area contributed by atoms with Crippen LogP contribution in [0, 0.1) is 0 Å². The highest BCUT2D eigenvalue weighted by atomic mass is 15.1. The summed E-state index contributed by atoms with van der Waals surface area (Å²) in [5.74, 6) is 0. The molecule has 0 amide bonds. The highest BCUT2D eigenvalue weighted by molar-refractivity contribution is 6.05. The summed E-state index contributed by atoms with van der Waals surface area (Å²) >= 11 is 0. The van der Waals surface area contributed by atoms with Crippen molar-refractivity contribution in [1.29, 1.82) is 0 Å². The van der Waals surface area contributed by atoms with E-state index in [2.05, 4.69) is 205 Å². The fourth-order valence-electron chi connectivity index (χ4n) is 7.13. The van der Waals surface area contributed by atoms with Gasteiger partial charge in [0.05, 0.1) is 5.69 Å². The zero-order valence-electron chi connectivity index (χ0n) is 27.0. The van der Waals surface area contributed by atoms with E-state index in [1.807, 2.05) is 0 Å². The van der Waals surface area contributed by atoms with Crippen LogP contribution < -0.4 is 4.90 Å². The van der Waals surface area contributed by atoms with Crippen molar-refractivity contribution in [2.75, 3.05) is 4.90 Å². The predicted octanol–water partition coefficient (Wildman–Crippen LogP) is 13.6. The SMILES string of the molecule is c1ccc(-c2c(N(c3ccc(-c4ccc5ccccc5c4)cc3)c3ccc(-c4ccc5ccccc5c4)cc3)ccc3ccccc23)cc1. The highest BCUT2D eigenvalue weighted by Crippen LogP contribution is 2.45. The van der Waals surface area contributed by atoms with E-state index in [0.717, 1.165) is 17.1 Å². The molecular weight excluding hydrogens is 591 g/mol. The van der Waals surface area contributed by atoms with E-state index in [9.17, 15) is 0 Å². The average Bonchev–Trinajstić information content (AvgIpc) is 3.18. The van der Waals surface area contributed by atoms with Gasteiger partial charge in [-0.15, -0.1) is 0 Å². The zero-order chi connectivity index (χ0) is 32.6. The first-order valence-corrected chi connectivity index (χ1v) is 16.8. The lowest BCUT2D eigenvalue weighted by Crippen LogP contribution is -2.11. The number of hydrogen-bond acceptors (Lipinski definition) is 1. The molecule has 49 heavy (non-hydrogen) atoms. The molecule has 0 aliphatic rings. The summed E-state index contributed by atoms with van der Waals surface area (Å²) in [6.07, 6.45) is 0. The molecule has 0 N–H and O–H groups in total. The number of benzene rings is 9. The Morgan fingerprint density at radius 1 is 0.265 bits per heavy atom. The van der Waals surface area contributed by atoms with Gasteiger partial charge in [0, 0.05) is 16.9 Å². The summed E-state index contributed by atoms with van der Waals surface area (Å²) in [5, 5.41) is 7.47. The fourth-order valence-corrected chi connectivity index (χ4v) is 7.13. The Morgan fingerprint density at radius 2 is 0.694 bits per heavy atom. The van der Waals surface area contributed by atoms with Gasteiger partial charge in [0.15, 0.2) is 0 Å². The van der Waals surface area contributed by atoms with Crippen molar-refractivity contribution in [1.82, 2.24) is 0 Å². The van der Waals surface area contributed by atoms with Gasteiger partial charge in [-0.2, -0.15) is 0 Å². The first kappa shape index (κ1) is 28.8. The molecule has 0 saturated heterocycles. The molecule has 1 heteroatoms. The monoisotopic (exact) mass is 623 g/mol. The second-order valence-electron chi connectivity index (χ2n) is 12.6. The number of fused-ring (bicyclic) bond motifs is 3. The van der Waals surface area contributed by atoms with Gasteiger partial charge in [0.2, 0.25) is 0 Å². The summed E-state index contributed by atoms with van der Waals surface area (Å²) in [4.78, 5) is 2.41. The maximum absolute atomic E-state index is 2.41. The Labute approximate surface area is 287 Å². The van der Waals surface area contributed by atoms with Crippen LogP contribution in [0.4, 0.5) is 17.1 Å². The molecule has 9 rings (SSSR count). The fraction of sp³-hybridized carbons (Fsp3) is 0.